The SMILES string of the molecule is CC(SCCO)(C(=O)O)c1ccccc1. The smallest absolute Gasteiger partial charge is 0.324 e. The summed E-state index contributed by atoms with van der Waals surface area (Å²) in [6, 6.07) is 9.06. The van der Waals surface area contributed by atoms with Crippen LogP contribution in [0.25, 0.3) is 0 Å². The Labute approximate surface area is 93.1 Å². The van der Waals surface area contributed by atoms with Crippen molar-refractivity contribution in [1.29, 1.82) is 0 Å². The Morgan fingerprint density at radius 2 is 2.00 bits per heavy atom. The lowest BCUT2D eigenvalue weighted by molar-refractivity contribution is -0.139. The fraction of sp³-hybridized carbons (Fsp3) is 0.364. The van der Waals surface area contributed by atoms with E-state index in [0.29, 0.717) is 5.75 Å². The molecule has 0 aromatic heterocycles. The molecule has 0 fully saturated rings. The van der Waals surface area contributed by atoms with Crippen LogP contribution >= 0.6 is 11.8 Å². The molecule has 0 spiro atoms. The molecule has 4 heteroatoms. The first-order valence-electron chi connectivity index (χ1n) is 4.65. The van der Waals surface area contributed by atoms with Crippen LogP contribution in [0.5, 0.6) is 0 Å². The highest BCUT2D eigenvalue weighted by atomic mass is 32.2. The second-order valence-electron chi connectivity index (χ2n) is 3.28. The van der Waals surface area contributed by atoms with Crippen molar-refractivity contribution in [1.82, 2.24) is 0 Å². The normalized spacial score (nSPS) is 14.5. The van der Waals surface area contributed by atoms with Crippen molar-refractivity contribution in [3.05, 3.63) is 35.9 Å². The summed E-state index contributed by atoms with van der Waals surface area (Å²) in [6.45, 7) is 1.64. The van der Waals surface area contributed by atoms with Gasteiger partial charge in [-0.25, -0.2) is 0 Å². The second-order valence-corrected chi connectivity index (χ2v) is 4.79. The molecule has 0 heterocycles. The van der Waals surface area contributed by atoms with Crippen molar-refractivity contribution in [3.63, 3.8) is 0 Å². The van der Waals surface area contributed by atoms with Crippen LogP contribution in [0.2, 0.25) is 0 Å². The van der Waals surface area contributed by atoms with Crippen LogP contribution in [0.1, 0.15) is 12.5 Å². The van der Waals surface area contributed by atoms with Crippen LogP contribution in [-0.2, 0) is 9.54 Å². The largest absolute Gasteiger partial charge is 0.480 e. The first-order valence-corrected chi connectivity index (χ1v) is 5.63. The number of hydrogen-bond donors (Lipinski definition) is 2. The zero-order chi connectivity index (χ0) is 11.3. The van der Waals surface area contributed by atoms with Gasteiger partial charge in [0, 0.05) is 5.75 Å². The van der Waals surface area contributed by atoms with E-state index in [4.69, 9.17) is 5.11 Å². The summed E-state index contributed by atoms with van der Waals surface area (Å²) in [4.78, 5) is 11.2. The predicted octanol–water partition coefficient (Wildman–Crippen LogP) is 1.71. The molecule has 1 unspecified atom stereocenters. The molecule has 0 radical (unpaired) electrons. The highest BCUT2D eigenvalue weighted by Crippen LogP contribution is 2.36. The third-order valence-electron chi connectivity index (χ3n) is 2.21. The molecule has 15 heavy (non-hydrogen) atoms. The van der Waals surface area contributed by atoms with Crippen LogP contribution in [-0.4, -0.2) is 28.5 Å². The lowest BCUT2D eigenvalue weighted by Crippen LogP contribution is -2.29. The maximum atomic E-state index is 11.2. The van der Waals surface area contributed by atoms with Gasteiger partial charge < -0.3 is 10.2 Å². The summed E-state index contributed by atoms with van der Waals surface area (Å²) >= 11 is 1.24. The predicted molar refractivity (Wildman–Crippen MR) is 61.0 cm³/mol. The van der Waals surface area contributed by atoms with Gasteiger partial charge in [0.2, 0.25) is 0 Å². The highest BCUT2D eigenvalue weighted by Gasteiger charge is 2.35. The summed E-state index contributed by atoms with van der Waals surface area (Å²) in [5.74, 6) is -0.468. The maximum absolute atomic E-state index is 11.2. The third-order valence-corrected chi connectivity index (χ3v) is 3.59. The van der Waals surface area contributed by atoms with Gasteiger partial charge in [-0.3, -0.25) is 4.79 Å². The van der Waals surface area contributed by atoms with E-state index in [-0.39, 0.29) is 6.61 Å². The van der Waals surface area contributed by atoms with Crippen LogP contribution in [0.4, 0.5) is 0 Å². The Kier molecular flexibility index (Phi) is 4.17. The van der Waals surface area contributed by atoms with E-state index in [1.165, 1.54) is 11.8 Å². The number of aliphatic carboxylic acids is 1. The molecule has 3 nitrogen and oxygen atoms in total. The Bertz CT molecular complexity index is 326. The zero-order valence-electron chi connectivity index (χ0n) is 8.51. The summed E-state index contributed by atoms with van der Waals surface area (Å²) < 4.78 is -0.982. The van der Waals surface area contributed by atoms with Gasteiger partial charge in [-0.2, -0.15) is 0 Å². The number of carboxylic acids is 1. The molecule has 1 aromatic rings. The van der Waals surface area contributed by atoms with Crippen LogP contribution in [0.3, 0.4) is 0 Å². The minimum Gasteiger partial charge on any atom is -0.480 e. The number of carbonyl (C=O) groups is 1. The molecule has 1 aromatic carbocycles. The molecule has 0 amide bonds. The lowest BCUT2D eigenvalue weighted by atomic mass is 10.0. The number of hydrogen-bond acceptors (Lipinski definition) is 3. The van der Waals surface area contributed by atoms with Crippen LogP contribution in [0.15, 0.2) is 30.3 Å². The topological polar surface area (TPSA) is 57.5 Å². The molecule has 0 aliphatic heterocycles. The molecular weight excluding hydrogens is 212 g/mol. The fourth-order valence-electron chi connectivity index (χ4n) is 1.27. The standard InChI is InChI=1S/C11H14O3S/c1-11(10(13)14,15-8-7-12)9-5-3-2-4-6-9/h2-6,12H,7-8H2,1H3,(H,13,14). The quantitative estimate of drug-likeness (QED) is 0.802. The van der Waals surface area contributed by atoms with E-state index >= 15 is 0 Å². The van der Waals surface area contributed by atoms with Gasteiger partial charge in [0.15, 0.2) is 0 Å². The van der Waals surface area contributed by atoms with Crippen molar-refractivity contribution < 1.29 is 15.0 Å². The Hall–Kier alpha value is -1.00. The Morgan fingerprint density at radius 1 is 1.40 bits per heavy atom. The average molecular weight is 226 g/mol. The Morgan fingerprint density at radius 3 is 2.47 bits per heavy atom. The molecule has 82 valence electrons. The molecule has 0 bridgehead atoms. The van der Waals surface area contributed by atoms with Gasteiger partial charge in [-0.1, -0.05) is 30.3 Å². The average Bonchev–Trinajstić information content (AvgIpc) is 2.27. The third kappa shape index (κ3) is 2.73. The number of carboxylic acid groups (broad SMARTS) is 1. The first-order chi connectivity index (χ1) is 7.11. The van der Waals surface area contributed by atoms with E-state index < -0.39 is 10.7 Å². The van der Waals surface area contributed by atoms with E-state index in [0.717, 1.165) is 5.56 Å². The van der Waals surface area contributed by atoms with Gasteiger partial charge in [0.1, 0.15) is 4.75 Å². The van der Waals surface area contributed by atoms with E-state index in [1.807, 2.05) is 18.2 Å². The van der Waals surface area contributed by atoms with Crippen LogP contribution < -0.4 is 0 Å². The van der Waals surface area contributed by atoms with Crippen LogP contribution in [0, 0.1) is 0 Å². The monoisotopic (exact) mass is 226 g/mol. The van der Waals surface area contributed by atoms with Crippen molar-refractivity contribution in [2.45, 2.75) is 11.7 Å². The highest BCUT2D eigenvalue weighted by molar-refractivity contribution is 8.00. The Balaban J connectivity index is 2.96. The summed E-state index contributed by atoms with van der Waals surface area (Å²) in [5, 5.41) is 18.0. The minimum atomic E-state index is -0.982. The molecule has 1 rings (SSSR count). The van der Waals surface area contributed by atoms with Crippen molar-refractivity contribution in [3.8, 4) is 0 Å². The van der Waals surface area contributed by atoms with Gasteiger partial charge in [-0.15, -0.1) is 11.8 Å². The number of benzene rings is 1. The zero-order valence-corrected chi connectivity index (χ0v) is 9.33. The molecule has 0 aliphatic carbocycles. The first kappa shape index (κ1) is 12.1. The van der Waals surface area contributed by atoms with Gasteiger partial charge in [0.25, 0.3) is 0 Å². The molecular formula is C11H14O3S. The molecule has 0 saturated heterocycles. The van der Waals surface area contributed by atoms with E-state index in [2.05, 4.69) is 0 Å². The fourth-order valence-corrected chi connectivity index (χ4v) is 2.20. The van der Waals surface area contributed by atoms with E-state index in [1.54, 1.807) is 19.1 Å². The second kappa shape index (κ2) is 5.19. The van der Waals surface area contributed by atoms with Gasteiger partial charge in [-0.05, 0) is 12.5 Å². The molecule has 0 saturated carbocycles. The van der Waals surface area contributed by atoms with Crippen molar-refractivity contribution in [2.75, 3.05) is 12.4 Å². The summed E-state index contributed by atoms with van der Waals surface area (Å²) in [6.07, 6.45) is 0. The van der Waals surface area contributed by atoms with Crippen molar-refractivity contribution >= 4 is 17.7 Å². The molecule has 1 atom stereocenters. The number of thioether (sulfide) groups is 1. The molecule has 0 aliphatic rings. The minimum absolute atomic E-state index is 0.0135. The van der Waals surface area contributed by atoms with Gasteiger partial charge >= 0.3 is 5.97 Å². The maximum Gasteiger partial charge on any atom is 0.324 e. The number of aliphatic hydroxyl groups is 1. The number of rotatable bonds is 5. The number of aliphatic hydroxyl groups excluding tert-OH is 1. The van der Waals surface area contributed by atoms with E-state index in [9.17, 15) is 9.90 Å². The summed E-state index contributed by atoms with van der Waals surface area (Å²) in [7, 11) is 0. The van der Waals surface area contributed by atoms with Gasteiger partial charge in [0.05, 0.1) is 6.61 Å². The lowest BCUT2D eigenvalue weighted by Gasteiger charge is -2.24. The van der Waals surface area contributed by atoms with Crippen molar-refractivity contribution in [2.24, 2.45) is 0 Å². The summed E-state index contributed by atoms with van der Waals surface area (Å²) in [5.41, 5.74) is 0.746. The molecule has 2 N–H and O–H groups in total.